The van der Waals surface area contributed by atoms with Gasteiger partial charge in [0, 0.05) is 68.1 Å². The monoisotopic (exact) mass is 528 g/mol. The van der Waals surface area contributed by atoms with Gasteiger partial charge in [0.25, 0.3) is 0 Å². The number of hydrogen-bond acceptors (Lipinski definition) is 6. The van der Waals surface area contributed by atoms with E-state index in [1.165, 1.54) is 0 Å². The molecule has 3 aliphatic heterocycles. The third-order valence-electron chi connectivity index (χ3n) is 6.27. The van der Waals surface area contributed by atoms with Gasteiger partial charge in [-0.1, -0.05) is 12.1 Å². The first-order valence-electron chi connectivity index (χ1n) is 12.1. The fourth-order valence-corrected chi connectivity index (χ4v) is 4.17. The second-order valence-corrected chi connectivity index (χ2v) is 9.02. The molecule has 0 aliphatic carbocycles. The van der Waals surface area contributed by atoms with Crippen LogP contribution >= 0.6 is 0 Å². The number of piperazine rings is 1. The molecule has 12 heteroatoms. The van der Waals surface area contributed by atoms with Crippen molar-refractivity contribution in [3.05, 3.63) is 83.6 Å². The number of allylic oxidation sites excluding steroid dienone is 4. The molecular weight excluding hydrogens is 497 g/mol. The lowest BCUT2D eigenvalue weighted by Gasteiger charge is -2.33. The highest BCUT2D eigenvalue weighted by atomic mass is 19.4. The van der Waals surface area contributed by atoms with Crippen LogP contribution in [0.4, 0.5) is 23.7 Å². The molecule has 3 aliphatic rings. The number of carbonyl (C=O) groups excluding carboxylic acids is 1. The Morgan fingerprint density at radius 2 is 1.95 bits per heavy atom. The first kappa shape index (κ1) is 26.9. The van der Waals surface area contributed by atoms with Crippen LogP contribution in [-0.2, 0) is 0 Å². The average molecular weight is 529 g/mol. The third kappa shape index (κ3) is 6.76. The highest BCUT2D eigenvalue weighted by Gasteiger charge is 2.28. The molecule has 3 heterocycles. The van der Waals surface area contributed by atoms with Crippen LogP contribution in [0.25, 0.3) is 5.70 Å². The molecule has 0 bridgehead atoms. The van der Waals surface area contributed by atoms with Gasteiger partial charge in [-0.2, -0.15) is 13.2 Å². The van der Waals surface area contributed by atoms with Crippen LogP contribution in [0.2, 0.25) is 0 Å². The Morgan fingerprint density at radius 3 is 2.66 bits per heavy atom. The Bertz CT molecular complexity index is 1220. The minimum atomic E-state index is -4.48. The number of carbonyl (C=O) groups is 1. The summed E-state index contributed by atoms with van der Waals surface area (Å²) >= 11 is 0. The summed E-state index contributed by atoms with van der Waals surface area (Å²) in [5.41, 5.74) is 3.73. The minimum absolute atomic E-state index is 0.368. The molecule has 0 aromatic heterocycles. The normalized spacial score (nSPS) is 19.0. The van der Waals surface area contributed by atoms with Crippen LogP contribution in [0.3, 0.4) is 0 Å². The summed E-state index contributed by atoms with van der Waals surface area (Å²) in [6.07, 6.45) is 6.88. The summed E-state index contributed by atoms with van der Waals surface area (Å²) < 4.78 is 37.1. The van der Waals surface area contributed by atoms with Gasteiger partial charge in [-0.15, -0.1) is 0 Å². The lowest BCUT2D eigenvalue weighted by Crippen LogP contribution is -2.46. The van der Waals surface area contributed by atoms with Gasteiger partial charge >= 0.3 is 12.2 Å². The van der Waals surface area contributed by atoms with Crippen molar-refractivity contribution in [1.29, 1.82) is 5.41 Å². The Hall–Kier alpha value is -4.19. The van der Waals surface area contributed by atoms with Crippen LogP contribution in [0.1, 0.15) is 5.56 Å². The summed E-state index contributed by atoms with van der Waals surface area (Å²) in [6.45, 7) is 2.13. The van der Waals surface area contributed by atoms with Crippen molar-refractivity contribution in [1.82, 2.24) is 30.7 Å². The van der Waals surface area contributed by atoms with Crippen LogP contribution in [0.5, 0.6) is 0 Å². The molecule has 5 N–H and O–H groups in total. The highest BCUT2D eigenvalue weighted by molar-refractivity contribution is 5.91. The van der Waals surface area contributed by atoms with E-state index in [1.807, 2.05) is 48.6 Å². The molecule has 202 valence electrons. The van der Waals surface area contributed by atoms with E-state index >= 15 is 0 Å². The average Bonchev–Trinajstić information content (AvgIpc) is 3.31. The zero-order chi connectivity index (χ0) is 27.3. The summed E-state index contributed by atoms with van der Waals surface area (Å²) in [4.78, 5) is 18.1. The first-order valence-corrected chi connectivity index (χ1v) is 12.1. The van der Waals surface area contributed by atoms with Crippen LogP contribution in [0, 0.1) is 5.41 Å². The van der Waals surface area contributed by atoms with Crippen LogP contribution in [-0.4, -0.2) is 79.6 Å². The van der Waals surface area contributed by atoms with E-state index in [0.29, 0.717) is 11.5 Å². The maximum absolute atomic E-state index is 12.4. The number of benzene rings is 1. The molecule has 4 rings (SSSR count). The van der Waals surface area contributed by atoms with Crippen molar-refractivity contribution in [2.45, 2.75) is 6.18 Å². The van der Waals surface area contributed by atoms with E-state index < -0.39 is 18.8 Å². The molecule has 0 unspecified atom stereocenters. The maximum atomic E-state index is 12.4. The van der Waals surface area contributed by atoms with Gasteiger partial charge < -0.3 is 36.0 Å². The zero-order valence-corrected chi connectivity index (χ0v) is 21.2. The minimum Gasteiger partial charge on any atom is -0.388 e. The highest BCUT2D eigenvalue weighted by Crippen LogP contribution is 2.32. The number of alkyl halides is 3. The molecule has 2 amide bonds. The summed E-state index contributed by atoms with van der Waals surface area (Å²) in [5, 5.41) is 19.1. The molecule has 1 saturated heterocycles. The van der Waals surface area contributed by atoms with Gasteiger partial charge in [0.05, 0.1) is 5.70 Å². The van der Waals surface area contributed by atoms with E-state index in [9.17, 15) is 18.0 Å². The number of rotatable bonds is 6. The van der Waals surface area contributed by atoms with E-state index in [2.05, 4.69) is 32.8 Å². The maximum Gasteiger partial charge on any atom is 0.405 e. The number of halogens is 3. The molecule has 1 fully saturated rings. The number of likely N-dealkylation sites (N-methyl/N-ethyl adjacent to an activating group) is 2. The van der Waals surface area contributed by atoms with E-state index in [1.54, 1.807) is 29.6 Å². The number of anilines is 1. The smallest absolute Gasteiger partial charge is 0.388 e. The molecular formula is C26H31F3N8O. The number of nitrogens with zero attached hydrogens (tertiary/aromatic N) is 3. The number of fused-ring (bicyclic) bond motifs is 1. The van der Waals surface area contributed by atoms with E-state index in [-0.39, 0.29) is 0 Å². The topological polar surface area (TPSA) is 98.8 Å². The van der Waals surface area contributed by atoms with Crippen molar-refractivity contribution >= 4 is 23.3 Å². The molecule has 0 spiro atoms. The van der Waals surface area contributed by atoms with Crippen molar-refractivity contribution in [2.24, 2.45) is 0 Å². The summed E-state index contributed by atoms with van der Waals surface area (Å²) in [6, 6.07) is 5.93. The standard InChI is InChI=1S/C26H31F3N8O/c1-31-21(6-7-23(30)36-12-10-35(2)11-13-36)18-8-9-37-22(16-32-24(37)15-18)19-4-3-5-20(14-19)34-25(38)33-17-26(27,28)29/h3-9,14-16,30-32H,10-13,17H2,1-2H3,(H2,33,34,38). The number of nitrogens with one attached hydrogen (secondary N) is 5. The number of hydrogen-bond donors (Lipinski definition) is 5. The lowest BCUT2D eigenvalue weighted by atomic mass is 10.1. The van der Waals surface area contributed by atoms with Crippen molar-refractivity contribution in [3.63, 3.8) is 0 Å². The molecule has 0 atom stereocenters. The third-order valence-corrected chi connectivity index (χ3v) is 6.27. The first-order chi connectivity index (χ1) is 18.1. The zero-order valence-electron chi connectivity index (χ0n) is 21.2. The molecule has 1 aromatic carbocycles. The quantitative estimate of drug-likeness (QED) is 0.287. The molecule has 0 saturated carbocycles. The van der Waals surface area contributed by atoms with Crippen LogP contribution < -0.4 is 21.3 Å². The molecule has 38 heavy (non-hydrogen) atoms. The van der Waals surface area contributed by atoms with Crippen molar-refractivity contribution in [3.8, 4) is 0 Å². The molecule has 1 aromatic rings. The molecule has 0 radical (unpaired) electrons. The van der Waals surface area contributed by atoms with Gasteiger partial charge in [-0.25, -0.2) is 4.79 Å². The largest absolute Gasteiger partial charge is 0.405 e. The number of amides is 2. The Kier molecular flexibility index (Phi) is 8.10. The van der Waals surface area contributed by atoms with Gasteiger partial charge in [-0.05, 0) is 43.5 Å². The Morgan fingerprint density at radius 1 is 1.18 bits per heavy atom. The van der Waals surface area contributed by atoms with Crippen molar-refractivity contribution in [2.75, 3.05) is 52.1 Å². The predicted molar refractivity (Wildman–Crippen MR) is 142 cm³/mol. The summed E-state index contributed by atoms with van der Waals surface area (Å²) in [7, 11) is 3.92. The Balaban J connectivity index is 1.42. The summed E-state index contributed by atoms with van der Waals surface area (Å²) in [5.74, 6) is 1.29. The van der Waals surface area contributed by atoms with Gasteiger partial charge in [0.15, 0.2) is 0 Å². The SMILES string of the molecule is CNC(C=CC(=N)N1CCN(C)CC1)=C1C=CN2C(=C1)NC=C2c1cccc(NC(=O)NCC(F)(F)F)c1. The van der Waals surface area contributed by atoms with Crippen molar-refractivity contribution < 1.29 is 18.0 Å². The predicted octanol–water partition coefficient (Wildman–Crippen LogP) is 3.20. The van der Waals surface area contributed by atoms with Gasteiger partial charge in [-0.3, -0.25) is 5.41 Å². The number of urea groups is 1. The van der Waals surface area contributed by atoms with Gasteiger partial charge in [0.2, 0.25) is 0 Å². The molecule has 9 nitrogen and oxygen atoms in total. The lowest BCUT2D eigenvalue weighted by molar-refractivity contribution is -0.122. The Labute approximate surface area is 219 Å². The fourth-order valence-electron chi connectivity index (χ4n) is 4.17. The van der Waals surface area contributed by atoms with Crippen LogP contribution in [0.15, 0.2) is 78.1 Å². The van der Waals surface area contributed by atoms with E-state index in [0.717, 1.165) is 54.5 Å². The second-order valence-electron chi connectivity index (χ2n) is 9.02. The van der Waals surface area contributed by atoms with E-state index in [4.69, 9.17) is 5.41 Å². The fraction of sp³-hybridized carbons (Fsp3) is 0.308. The number of amidine groups is 1. The second kappa shape index (κ2) is 11.5. The van der Waals surface area contributed by atoms with Gasteiger partial charge in [0.1, 0.15) is 18.2 Å².